The first-order chi connectivity index (χ1) is 11.9. The molecule has 25 heavy (non-hydrogen) atoms. The van der Waals surface area contributed by atoms with Crippen molar-refractivity contribution in [3.63, 3.8) is 0 Å². The predicted molar refractivity (Wildman–Crippen MR) is 89.8 cm³/mol. The van der Waals surface area contributed by atoms with Crippen LogP contribution in [0.15, 0.2) is 53.4 Å². The molecule has 0 aliphatic carbocycles. The van der Waals surface area contributed by atoms with E-state index in [-0.39, 0.29) is 22.2 Å². The van der Waals surface area contributed by atoms with Gasteiger partial charge >= 0.3 is 6.61 Å². The van der Waals surface area contributed by atoms with Crippen molar-refractivity contribution in [2.75, 3.05) is 13.2 Å². The summed E-state index contributed by atoms with van der Waals surface area (Å²) in [5.41, 5.74) is 0. The van der Waals surface area contributed by atoms with E-state index in [1.807, 2.05) is 18.2 Å². The Bertz CT molecular complexity index is 788. The van der Waals surface area contributed by atoms with E-state index in [1.165, 1.54) is 0 Å². The van der Waals surface area contributed by atoms with Crippen molar-refractivity contribution < 1.29 is 26.7 Å². The third-order valence-corrected chi connectivity index (χ3v) is 4.81. The molecular weight excluding hydrogens is 376 g/mol. The lowest BCUT2D eigenvalue weighted by Crippen LogP contribution is -2.25. The molecule has 0 aromatic heterocycles. The summed E-state index contributed by atoms with van der Waals surface area (Å²) in [6.45, 7) is -2.54. The van der Waals surface area contributed by atoms with Crippen LogP contribution in [0, 0.1) is 0 Å². The highest BCUT2D eigenvalue weighted by atomic mass is 35.5. The number of para-hydroxylation sites is 1. The van der Waals surface area contributed by atoms with Crippen LogP contribution in [0.3, 0.4) is 0 Å². The number of ether oxygens (including phenoxy) is 2. The molecule has 0 aliphatic heterocycles. The molecule has 0 saturated carbocycles. The molecule has 0 radical (unpaired) electrons. The van der Waals surface area contributed by atoms with Crippen LogP contribution in [0.1, 0.15) is 6.42 Å². The molecule has 9 heteroatoms. The molecule has 136 valence electrons. The zero-order valence-electron chi connectivity index (χ0n) is 13.0. The minimum absolute atomic E-state index is 0.136. The Hall–Kier alpha value is -1.90. The van der Waals surface area contributed by atoms with E-state index in [4.69, 9.17) is 16.3 Å². The SMILES string of the molecule is O=S(=O)(NCCCOc1ccccc1)c1ccc(OC(F)F)c(Cl)c1. The summed E-state index contributed by atoms with van der Waals surface area (Å²) >= 11 is 5.76. The molecule has 2 aromatic carbocycles. The number of hydrogen-bond donors (Lipinski definition) is 1. The number of rotatable bonds is 9. The van der Waals surface area contributed by atoms with Gasteiger partial charge in [-0.05, 0) is 36.8 Å². The van der Waals surface area contributed by atoms with Crippen LogP contribution in [-0.4, -0.2) is 28.2 Å². The zero-order valence-corrected chi connectivity index (χ0v) is 14.6. The molecule has 0 amide bonds. The van der Waals surface area contributed by atoms with Crippen LogP contribution < -0.4 is 14.2 Å². The van der Waals surface area contributed by atoms with Crippen LogP contribution in [0.2, 0.25) is 5.02 Å². The summed E-state index contributed by atoms with van der Waals surface area (Å²) < 4.78 is 60.7. The van der Waals surface area contributed by atoms with Crippen molar-refractivity contribution in [3.05, 3.63) is 53.6 Å². The van der Waals surface area contributed by atoms with Crippen molar-refractivity contribution in [2.24, 2.45) is 0 Å². The van der Waals surface area contributed by atoms with Gasteiger partial charge in [0.1, 0.15) is 11.5 Å². The summed E-state index contributed by atoms with van der Waals surface area (Å²) in [4.78, 5) is -0.136. The van der Waals surface area contributed by atoms with Gasteiger partial charge in [-0.3, -0.25) is 0 Å². The topological polar surface area (TPSA) is 64.6 Å². The molecule has 1 N–H and O–H groups in total. The highest BCUT2D eigenvalue weighted by Crippen LogP contribution is 2.28. The maximum absolute atomic E-state index is 12.2. The van der Waals surface area contributed by atoms with Crippen molar-refractivity contribution >= 4 is 21.6 Å². The van der Waals surface area contributed by atoms with E-state index in [9.17, 15) is 17.2 Å². The van der Waals surface area contributed by atoms with Crippen molar-refractivity contribution in [2.45, 2.75) is 17.9 Å². The second-order valence-electron chi connectivity index (χ2n) is 4.88. The average molecular weight is 392 g/mol. The van der Waals surface area contributed by atoms with Gasteiger partial charge < -0.3 is 9.47 Å². The summed E-state index contributed by atoms with van der Waals surface area (Å²) in [6.07, 6.45) is 0.453. The fraction of sp³-hybridized carbons (Fsp3) is 0.250. The van der Waals surface area contributed by atoms with Gasteiger partial charge in [0.2, 0.25) is 10.0 Å². The Kier molecular flexibility index (Phi) is 6.98. The number of benzene rings is 2. The van der Waals surface area contributed by atoms with E-state index < -0.39 is 16.6 Å². The van der Waals surface area contributed by atoms with Crippen LogP contribution in [-0.2, 0) is 10.0 Å². The minimum Gasteiger partial charge on any atom is -0.494 e. The molecule has 0 fully saturated rings. The van der Waals surface area contributed by atoms with E-state index in [0.717, 1.165) is 18.2 Å². The predicted octanol–water partition coefficient (Wildman–Crippen LogP) is 3.69. The van der Waals surface area contributed by atoms with Gasteiger partial charge in [0.25, 0.3) is 0 Å². The van der Waals surface area contributed by atoms with Gasteiger partial charge in [-0.15, -0.1) is 0 Å². The monoisotopic (exact) mass is 391 g/mol. The standard InChI is InChI=1S/C16H16ClF2NO4S/c17-14-11-13(7-8-15(14)24-16(18)19)25(21,22)20-9-4-10-23-12-5-2-1-3-6-12/h1-3,5-8,11,16,20H,4,9-10H2. The average Bonchev–Trinajstić information content (AvgIpc) is 2.57. The molecular formula is C16H16ClF2NO4S. The molecule has 2 rings (SSSR count). The Labute approximate surface area is 149 Å². The Morgan fingerprint density at radius 3 is 2.48 bits per heavy atom. The summed E-state index contributed by atoms with van der Waals surface area (Å²) in [5, 5.41) is -0.212. The van der Waals surface area contributed by atoms with Crippen LogP contribution in [0.25, 0.3) is 0 Å². The second-order valence-corrected chi connectivity index (χ2v) is 7.06. The van der Waals surface area contributed by atoms with Crippen LogP contribution in [0.5, 0.6) is 11.5 Å². The Morgan fingerprint density at radius 1 is 1.12 bits per heavy atom. The molecule has 5 nitrogen and oxygen atoms in total. The molecule has 0 unspecified atom stereocenters. The lowest BCUT2D eigenvalue weighted by Gasteiger charge is -2.10. The number of nitrogens with one attached hydrogen (secondary N) is 1. The lowest BCUT2D eigenvalue weighted by atomic mass is 10.3. The van der Waals surface area contributed by atoms with E-state index in [2.05, 4.69) is 9.46 Å². The summed E-state index contributed by atoms with van der Waals surface area (Å²) in [5.74, 6) is 0.415. The van der Waals surface area contributed by atoms with Crippen molar-refractivity contribution in [3.8, 4) is 11.5 Å². The number of halogens is 3. The van der Waals surface area contributed by atoms with E-state index >= 15 is 0 Å². The molecule has 0 aliphatic rings. The maximum atomic E-state index is 12.2. The van der Waals surface area contributed by atoms with Crippen molar-refractivity contribution in [1.82, 2.24) is 4.72 Å². The van der Waals surface area contributed by atoms with Crippen LogP contribution in [0.4, 0.5) is 8.78 Å². The molecule has 0 bridgehead atoms. The van der Waals surface area contributed by atoms with E-state index in [1.54, 1.807) is 12.1 Å². The number of sulfonamides is 1. The smallest absolute Gasteiger partial charge is 0.387 e. The minimum atomic E-state index is -3.81. The first kappa shape index (κ1) is 19.4. The highest BCUT2D eigenvalue weighted by Gasteiger charge is 2.17. The quantitative estimate of drug-likeness (QED) is 0.662. The second kappa shape index (κ2) is 8.98. The fourth-order valence-corrected chi connectivity index (χ4v) is 3.30. The molecule has 0 atom stereocenters. The maximum Gasteiger partial charge on any atom is 0.387 e. The lowest BCUT2D eigenvalue weighted by molar-refractivity contribution is -0.0498. The van der Waals surface area contributed by atoms with Gasteiger partial charge in [0.15, 0.2) is 0 Å². The molecule has 0 spiro atoms. The fourth-order valence-electron chi connectivity index (χ4n) is 1.91. The number of hydrogen-bond acceptors (Lipinski definition) is 4. The Balaban J connectivity index is 1.85. The van der Waals surface area contributed by atoms with Gasteiger partial charge in [0.05, 0.1) is 16.5 Å². The zero-order chi connectivity index (χ0) is 18.3. The van der Waals surface area contributed by atoms with Gasteiger partial charge in [0, 0.05) is 6.54 Å². The molecule has 0 saturated heterocycles. The normalized spacial score (nSPS) is 11.5. The largest absolute Gasteiger partial charge is 0.494 e. The van der Waals surface area contributed by atoms with Crippen LogP contribution >= 0.6 is 11.6 Å². The third kappa shape index (κ3) is 6.15. The van der Waals surface area contributed by atoms with Gasteiger partial charge in [-0.2, -0.15) is 8.78 Å². The van der Waals surface area contributed by atoms with Crippen molar-refractivity contribution in [1.29, 1.82) is 0 Å². The Morgan fingerprint density at radius 2 is 1.84 bits per heavy atom. The summed E-state index contributed by atoms with van der Waals surface area (Å²) in [6, 6.07) is 12.4. The van der Waals surface area contributed by atoms with Gasteiger partial charge in [-0.25, -0.2) is 13.1 Å². The third-order valence-electron chi connectivity index (χ3n) is 3.05. The highest BCUT2D eigenvalue weighted by molar-refractivity contribution is 7.89. The first-order valence-corrected chi connectivity index (χ1v) is 9.16. The number of alkyl halides is 2. The van der Waals surface area contributed by atoms with Gasteiger partial charge in [-0.1, -0.05) is 29.8 Å². The summed E-state index contributed by atoms with van der Waals surface area (Å²) in [7, 11) is -3.81. The molecule has 0 heterocycles. The molecule has 2 aromatic rings. The van der Waals surface area contributed by atoms with E-state index in [0.29, 0.717) is 18.8 Å². The first-order valence-electron chi connectivity index (χ1n) is 7.30.